The Morgan fingerprint density at radius 3 is 2.11 bits per heavy atom. The summed E-state index contributed by atoms with van der Waals surface area (Å²) < 4.78 is 21.8. The van der Waals surface area contributed by atoms with Crippen molar-refractivity contribution in [1.82, 2.24) is 4.90 Å². The number of amidine groups is 1. The zero-order valence-electron chi connectivity index (χ0n) is 12.6. The SMILES string of the molecule is COCC(COC)N(C(C)=N)C1COC(C)(C)OC1. The van der Waals surface area contributed by atoms with Crippen molar-refractivity contribution in [2.75, 3.05) is 40.6 Å². The Morgan fingerprint density at radius 2 is 1.74 bits per heavy atom. The van der Waals surface area contributed by atoms with Crippen molar-refractivity contribution in [3.05, 3.63) is 0 Å². The molecular formula is C13H26N2O4. The smallest absolute Gasteiger partial charge is 0.162 e. The molecule has 0 unspecified atom stereocenters. The lowest BCUT2D eigenvalue weighted by Gasteiger charge is -2.43. The van der Waals surface area contributed by atoms with Gasteiger partial charge in [0.25, 0.3) is 0 Å². The summed E-state index contributed by atoms with van der Waals surface area (Å²) in [6.45, 7) is 7.63. The fourth-order valence-corrected chi connectivity index (χ4v) is 2.28. The maximum Gasteiger partial charge on any atom is 0.162 e. The molecule has 0 aliphatic carbocycles. The van der Waals surface area contributed by atoms with E-state index in [1.165, 1.54) is 0 Å². The largest absolute Gasteiger partial charge is 0.382 e. The van der Waals surface area contributed by atoms with Gasteiger partial charge in [-0.3, -0.25) is 5.41 Å². The number of hydrogen-bond donors (Lipinski definition) is 1. The average molecular weight is 274 g/mol. The predicted molar refractivity (Wildman–Crippen MR) is 72.6 cm³/mol. The normalized spacial score (nSPS) is 19.7. The van der Waals surface area contributed by atoms with Crippen LogP contribution in [0.2, 0.25) is 0 Å². The van der Waals surface area contributed by atoms with E-state index < -0.39 is 5.79 Å². The Labute approximate surface area is 115 Å². The molecule has 1 aliphatic rings. The van der Waals surface area contributed by atoms with Crippen molar-refractivity contribution in [2.24, 2.45) is 0 Å². The lowest BCUT2D eigenvalue weighted by Crippen LogP contribution is -2.57. The van der Waals surface area contributed by atoms with Gasteiger partial charge in [-0.25, -0.2) is 0 Å². The summed E-state index contributed by atoms with van der Waals surface area (Å²) in [7, 11) is 3.30. The standard InChI is InChI=1S/C13H26N2O4/c1-10(14)15(11(6-16-4)7-17-5)12-8-18-13(2,3)19-9-12/h11-12,14H,6-9H2,1-5H3. The van der Waals surface area contributed by atoms with Crippen molar-refractivity contribution in [3.8, 4) is 0 Å². The molecule has 0 spiro atoms. The molecule has 1 rings (SSSR count). The van der Waals surface area contributed by atoms with E-state index in [1.807, 2.05) is 18.7 Å². The van der Waals surface area contributed by atoms with Gasteiger partial charge in [-0.1, -0.05) is 0 Å². The van der Waals surface area contributed by atoms with Crippen LogP contribution >= 0.6 is 0 Å². The zero-order chi connectivity index (χ0) is 14.5. The minimum absolute atomic E-state index is 0.00841. The predicted octanol–water partition coefficient (Wildman–Crippen LogP) is 1.10. The van der Waals surface area contributed by atoms with Crippen LogP contribution in [0.15, 0.2) is 0 Å². The number of nitrogens with zero attached hydrogens (tertiary/aromatic N) is 1. The second kappa shape index (κ2) is 7.19. The summed E-state index contributed by atoms with van der Waals surface area (Å²) in [5.41, 5.74) is 0. The molecule has 1 aliphatic heterocycles. The highest BCUT2D eigenvalue weighted by Gasteiger charge is 2.34. The maximum absolute atomic E-state index is 7.98. The molecule has 19 heavy (non-hydrogen) atoms. The van der Waals surface area contributed by atoms with Crippen LogP contribution in [-0.4, -0.2) is 69.3 Å². The van der Waals surface area contributed by atoms with Crippen LogP contribution in [0.1, 0.15) is 20.8 Å². The summed E-state index contributed by atoms with van der Waals surface area (Å²) in [6, 6.07) is 0.00624. The van der Waals surface area contributed by atoms with Crippen molar-refractivity contribution in [3.63, 3.8) is 0 Å². The van der Waals surface area contributed by atoms with Gasteiger partial charge in [-0.2, -0.15) is 0 Å². The Kier molecular flexibility index (Phi) is 6.19. The second-order valence-electron chi connectivity index (χ2n) is 5.23. The minimum atomic E-state index is -0.546. The third-order valence-corrected chi connectivity index (χ3v) is 3.14. The van der Waals surface area contributed by atoms with E-state index in [9.17, 15) is 0 Å². The molecule has 1 saturated heterocycles. The molecule has 112 valence electrons. The van der Waals surface area contributed by atoms with E-state index in [1.54, 1.807) is 21.1 Å². The minimum Gasteiger partial charge on any atom is -0.382 e. The highest BCUT2D eigenvalue weighted by Crippen LogP contribution is 2.21. The molecule has 0 saturated carbocycles. The van der Waals surface area contributed by atoms with Gasteiger partial charge in [0.1, 0.15) is 0 Å². The number of nitrogens with one attached hydrogen (secondary N) is 1. The van der Waals surface area contributed by atoms with E-state index in [0.29, 0.717) is 32.3 Å². The molecule has 0 aromatic rings. The van der Waals surface area contributed by atoms with Crippen LogP contribution < -0.4 is 0 Å². The van der Waals surface area contributed by atoms with Gasteiger partial charge >= 0.3 is 0 Å². The molecule has 6 heteroatoms. The first-order valence-corrected chi connectivity index (χ1v) is 6.50. The average Bonchev–Trinajstić information content (AvgIpc) is 2.32. The third-order valence-electron chi connectivity index (χ3n) is 3.14. The summed E-state index contributed by atoms with van der Waals surface area (Å²) in [5, 5.41) is 7.98. The molecule has 1 fully saturated rings. The van der Waals surface area contributed by atoms with E-state index >= 15 is 0 Å². The van der Waals surface area contributed by atoms with E-state index in [0.717, 1.165) is 0 Å². The van der Waals surface area contributed by atoms with E-state index in [-0.39, 0.29) is 12.1 Å². The third kappa shape index (κ3) is 4.72. The Balaban J connectivity index is 2.73. The molecule has 6 nitrogen and oxygen atoms in total. The van der Waals surface area contributed by atoms with Crippen molar-refractivity contribution < 1.29 is 18.9 Å². The Bertz CT molecular complexity index is 280. The lowest BCUT2D eigenvalue weighted by atomic mass is 10.1. The fraction of sp³-hybridized carbons (Fsp3) is 0.923. The molecule has 0 amide bonds. The van der Waals surface area contributed by atoms with E-state index in [4.69, 9.17) is 24.4 Å². The van der Waals surface area contributed by atoms with Gasteiger partial charge in [0.15, 0.2) is 5.79 Å². The van der Waals surface area contributed by atoms with Gasteiger partial charge in [0.2, 0.25) is 0 Å². The summed E-state index contributed by atoms with van der Waals surface area (Å²) in [4.78, 5) is 1.96. The highest BCUT2D eigenvalue weighted by molar-refractivity contribution is 5.77. The molecule has 0 radical (unpaired) electrons. The topological polar surface area (TPSA) is 64.0 Å². The number of hydrogen-bond acceptors (Lipinski definition) is 5. The Hall–Kier alpha value is -0.690. The van der Waals surface area contributed by atoms with Crippen molar-refractivity contribution in [2.45, 2.75) is 38.6 Å². The van der Waals surface area contributed by atoms with Gasteiger partial charge < -0.3 is 23.8 Å². The Morgan fingerprint density at radius 1 is 1.26 bits per heavy atom. The quantitative estimate of drug-likeness (QED) is 0.580. The van der Waals surface area contributed by atoms with Gasteiger partial charge in [-0.15, -0.1) is 0 Å². The highest BCUT2D eigenvalue weighted by atomic mass is 16.7. The summed E-state index contributed by atoms with van der Waals surface area (Å²) in [6.07, 6.45) is 0. The fourth-order valence-electron chi connectivity index (χ4n) is 2.28. The maximum atomic E-state index is 7.98. The first-order valence-electron chi connectivity index (χ1n) is 6.50. The first-order chi connectivity index (χ1) is 8.91. The first kappa shape index (κ1) is 16.4. The summed E-state index contributed by atoms with van der Waals surface area (Å²) >= 11 is 0. The van der Waals surface area contributed by atoms with Crippen LogP contribution in [0, 0.1) is 5.41 Å². The van der Waals surface area contributed by atoms with Crippen LogP contribution in [0.25, 0.3) is 0 Å². The molecule has 0 aromatic heterocycles. The van der Waals surface area contributed by atoms with Crippen LogP contribution in [0.4, 0.5) is 0 Å². The molecule has 0 bridgehead atoms. The van der Waals surface area contributed by atoms with Crippen LogP contribution in [0.5, 0.6) is 0 Å². The second-order valence-corrected chi connectivity index (χ2v) is 5.23. The molecule has 0 aromatic carbocycles. The number of methoxy groups -OCH3 is 2. The van der Waals surface area contributed by atoms with Crippen LogP contribution in [0.3, 0.4) is 0 Å². The molecule has 1 heterocycles. The van der Waals surface area contributed by atoms with Crippen molar-refractivity contribution >= 4 is 5.84 Å². The van der Waals surface area contributed by atoms with Crippen LogP contribution in [-0.2, 0) is 18.9 Å². The van der Waals surface area contributed by atoms with Gasteiger partial charge in [-0.05, 0) is 20.8 Å². The lowest BCUT2D eigenvalue weighted by molar-refractivity contribution is -0.262. The van der Waals surface area contributed by atoms with Gasteiger partial charge in [0, 0.05) is 14.2 Å². The monoisotopic (exact) mass is 274 g/mol. The molecular weight excluding hydrogens is 248 g/mol. The molecule has 0 atom stereocenters. The molecule has 1 N–H and O–H groups in total. The zero-order valence-corrected chi connectivity index (χ0v) is 12.6. The number of rotatable bonds is 6. The van der Waals surface area contributed by atoms with E-state index in [2.05, 4.69) is 0 Å². The van der Waals surface area contributed by atoms with Crippen molar-refractivity contribution in [1.29, 1.82) is 5.41 Å². The summed E-state index contributed by atoms with van der Waals surface area (Å²) in [5.74, 6) is -0.0770. The van der Waals surface area contributed by atoms with Gasteiger partial charge in [0.05, 0.1) is 44.3 Å². The number of ether oxygens (including phenoxy) is 4.